The van der Waals surface area contributed by atoms with Gasteiger partial charge in [0.1, 0.15) is 11.4 Å². The van der Waals surface area contributed by atoms with Crippen molar-refractivity contribution < 1.29 is 18.3 Å². The molecule has 27 heavy (non-hydrogen) atoms. The summed E-state index contributed by atoms with van der Waals surface area (Å²) in [6.07, 6.45) is 0.743. The van der Waals surface area contributed by atoms with E-state index in [2.05, 4.69) is 5.32 Å². The van der Waals surface area contributed by atoms with E-state index in [0.29, 0.717) is 17.7 Å². The fraction of sp³-hybridized carbons (Fsp3) is 0.211. The van der Waals surface area contributed by atoms with Crippen LogP contribution in [0, 0.1) is 11.6 Å². The smallest absolute Gasteiger partial charge is 0.269 e. The number of halogens is 2. The normalized spacial score (nSPS) is 11.7. The molecule has 0 aliphatic heterocycles. The molecule has 1 amide bonds. The van der Waals surface area contributed by atoms with Crippen molar-refractivity contribution >= 4 is 17.3 Å². The average molecular weight is 376 g/mol. The molecule has 2 aromatic carbocycles. The molecule has 0 saturated heterocycles. The molecule has 0 radical (unpaired) electrons. The summed E-state index contributed by atoms with van der Waals surface area (Å²) in [5.74, 6) is -2.49. The Labute approximate surface area is 156 Å². The van der Waals surface area contributed by atoms with Crippen molar-refractivity contribution in [1.82, 2.24) is 5.32 Å². The first kappa shape index (κ1) is 20.0. The highest BCUT2D eigenvalue weighted by molar-refractivity contribution is 6.01. The maximum atomic E-state index is 13.7. The van der Waals surface area contributed by atoms with Crippen LogP contribution in [0.4, 0.5) is 14.5 Å². The van der Waals surface area contributed by atoms with Gasteiger partial charge in [0.25, 0.3) is 5.91 Å². The molecule has 6 nitrogen and oxygen atoms in total. The molecule has 0 aromatic heterocycles. The van der Waals surface area contributed by atoms with Crippen molar-refractivity contribution in [3.8, 4) is 16.9 Å². The maximum absolute atomic E-state index is 13.7. The van der Waals surface area contributed by atoms with Gasteiger partial charge >= 0.3 is 0 Å². The summed E-state index contributed by atoms with van der Waals surface area (Å²) in [6.45, 7) is 2.36. The zero-order valence-corrected chi connectivity index (χ0v) is 15.1. The number of hydrogen-bond donors (Lipinski definition) is 4. The van der Waals surface area contributed by atoms with Gasteiger partial charge < -0.3 is 27.3 Å². The number of nitrogens with two attached hydrogens (primary N) is 3. The summed E-state index contributed by atoms with van der Waals surface area (Å²) in [4.78, 5) is 12.0. The van der Waals surface area contributed by atoms with E-state index in [9.17, 15) is 13.6 Å². The SMILES string of the molecule is CCCNC(=O)/C(N)=C(\N)c1cccc(-c2cc(F)c(F)cc2OC)c1N. The Hall–Kier alpha value is -3.29. The number of carbonyl (C=O) groups is 1. The molecule has 0 saturated carbocycles. The Kier molecular flexibility index (Phi) is 6.23. The second-order valence-corrected chi connectivity index (χ2v) is 5.82. The van der Waals surface area contributed by atoms with Gasteiger partial charge in [-0.3, -0.25) is 4.79 Å². The van der Waals surface area contributed by atoms with Crippen LogP contribution in [-0.4, -0.2) is 19.6 Å². The van der Waals surface area contributed by atoms with E-state index < -0.39 is 17.5 Å². The van der Waals surface area contributed by atoms with Gasteiger partial charge in [-0.25, -0.2) is 8.78 Å². The van der Waals surface area contributed by atoms with Gasteiger partial charge in [-0.1, -0.05) is 25.1 Å². The van der Waals surface area contributed by atoms with Gasteiger partial charge in [0.05, 0.1) is 12.8 Å². The molecule has 0 aliphatic carbocycles. The van der Waals surface area contributed by atoms with Crippen LogP contribution >= 0.6 is 0 Å². The Balaban J connectivity index is 2.57. The third-order valence-corrected chi connectivity index (χ3v) is 4.00. The Morgan fingerprint density at radius 1 is 1.15 bits per heavy atom. The van der Waals surface area contributed by atoms with Gasteiger partial charge in [0.15, 0.2) is 11.6 Å². The van der Waals surface area contributed by atoms with Crippen LogP contribution in [0.3, 0.4) is 0 Å². The number of ether oxygens (including phenoxy) is 1. The van der Waals surface area contributed by atoms with Crippen molar-refractivity contribution in [3.05, 3.63) is 53.2 Å². The van der Waals surface area contributed by atoms with E-state index in [1.54, 1.807) is 18.2 Å². The first-order chi connectivity index (χ1) is 12.8. The summed E-state index contributed by atoms with van der Waals surface area (Å²) < 4.78 is 32.4. The number of para-hydroxylation sites is 1. The highest BCUT2D eigenvalue weighted by Crippen LogP contribution is 2.37. The summed E-state index contributed by atoms with van der Waals surface area (Å²) in [5, 5.41) is 2.63. The van der Waals surface area contributed by atoms with E-state index >= 15 is 0 Å². The number of amides is 1. The number of rotatable bonds is 6. The van der Waals surface area contributed by atoms with Crippen molar-refractivity contribution in [2.45, 2.75) is 13.3 Å². The first-order valence-corrected chi connectivity index (χ1v) is 8.27. The van der Waals surface area contributed by atoms with Gasteiger partial charge in [0, 0.05) is 35.0 Å². The van der Waals surface area contributed by atoms with E-state index in [-0.39, 0.29) is 28.4 Å². The van der Waals surface area contributed by atoms with E-state index in [1.807, 2.05) is 6.92 Å². The monoisotopic (exact) mass is 376 g/mol. The predicted molar refractivity (Wildman–Crippen MR) is 101 cm³/mol. The van der Waals surface area contributed by atoms with Crippen LogP contribution in [-0.2, 0) is 4.79 Å². The summed E-state index contributed by atoms with van der Waals surface area (Å²) in [6, 6.07) is 6.73. The van der Waals surface area contributed by atoms with Gasteiger partial charge in [-0.15, -0.1) is 0 Å². The Bertz CT molecular complexity index is 898. The molecule has 8 heteroatoms. The molecular formula is C19H22F2N4O2. The van der Waals surface area contributed by atoms with E-state index in [4.69, 9.17) is 21.9 Å². The summed E-state index contributed by atoms with van der Waals surface area (Å²) >= 11 is 0. The Morgan fingerprint density at radius 3 is 2.44 bits per heavy atom. The molecule has 7 N–H and O–H groups in total. The van der Waals surface area contributed by atoms with Crippen molar-refractivity contribution in [2.24, 2.45) is 11.5 Å². The minimum absolute atomic E-state index is 0.00972. The molecular weight excluding hydrogens is 354 g/mol. The molecule has 0 unspecified atom stereocenters. The van der Waals surface area contributed by atoms with Crippen LogP contribution in [0.2, 0.25) is 0 Å². The lowest BCUT2D eigenvalue weighted by Crippen LogP contribution is -2.31. The molecule has 2 aromatic rings. The Morgan fingerprint density at radius 2 is 1.81 bits per heavy atom. The van der Waals surface area contributed by atoms with Crippen LogP contribution in [0.5, 0.6) is 5.75 Å². The minimum Gasteiger partial charge on any atom is -0.496 e. The summed E-state index contributed by atoms with van der Waals surface area (Å²) in [5.41, 5.74) is 19.0. The average Bonchev–Trinajstić information content (AvgIpc) is 2.67. The third-order valence-electron chi connectivity index (χ3n) is 4.00. The molecule has 0 spiro atoms. The minimum atomic E-state index is -1.04. The maximum Gasteiger partial charge on any atom is 0.269 e. The molecule has 144 valence electrons. The zero-order valence-electron chi connectivity index (χ0n) is 15.1. The lowest BCUT2D eigenvalue weighted by molar-refractivity contribution is -0.117. The first-order valence-electron chi connectivity index (χ1n) is 8.27. The standard InChI is InChI=1S/C19H22F2N4O2/c1-3-7-25-19(26)18(24)17(23)11-6-4-5-10(16(11)22)12-8-13(20)14(21)9-15(12)27-2/h4-6,8-9H,3,7,22-24H2,1-2H3,(H,25,26)/b18-17+. The lowest BCUT2D eigenvalue weighted by atomic mass is 9.97. The lowest BCUT2D eigenvalue weighted by Gasteiger charge is -2.16. The summed E-state index contributed by atoms with van der Waals surface area (Å²) in [7, 11) is 1.33. The number of carbonyl (C=O) groups excluding carboxylic acids is 1. The predicted octanol–water partition coefficient (Wildman–Crippen LogP) is 2.33. The molecule has 2 rings (SSSR count). The van der Waals surface area contributed by atoms with E-state index in [1.165, 1.54) is 7.11 Å². The molecule has 0 fully saturated rings. The number of benzene rings is 2. The highest BCUT2D eigenvalue weighted by Gasteiger charge is 2.18. The molecule has 0 bridgehead atoms. The van der Waals surface area contributed by atoms with Crippen LogP contribution < -0.4 is 27.3 Å². The van der Waals surface area contributed by atoms with Gasteiger partial charge in [0.2, 0.25) is 0 Å². The zero-order chi connectivity index (χ0) is 20.1. The topological polar surface area (TPSA) is 116 Å². The number of nitrogen functional groups attached to an aromatic ring is 1. The number of methoxy groups -OCH3 is 1. The second-order valence-electron chi connectivity index (χ2n) is 5.82. The van der Waals surface area contributed by atoms with Gasteiger partial charge in [-0.2, -0.15) is 0 Å². The molecule has 0 atom stereocenters. The fourth-order valence-corrected chi connectivity index (χ4v) is 2.54. The third kappa shape index (κ3) is 4.11. The van der Waals surface area contributed by atoms with Crippen LogP contribution in [0.25, 0.3) is 16.8 Å². The number of nitrogens with one attached hydrogen (secondary N) is 1. The van der Waals surface area contributed by atoms with Crippen molar-refractivity contribution in [1.29, 1.82) is 0 Å². The van der Waals surface area contributed by atoms with Crippen molar-refractivity contribution in [3.63, 3.8) is 0 Å². The highest BCUT2D eigenvalue weighted by atomic mass is 19.2. The van der Waals surface area contributed by atoms with Crippen LogP contribution in [0.1, 0.15) is 18.9 Å². The molecule has 0 heterocycles. The van der Waals surface area contributed by atoms with Crippen LogP contribution in [0.15, 0.2) is 36.0 Å². The number of hydrogen-bond acceptors (Lipinski definition) is 5. The van der Waals surface area contributed by atoms with E-state index in [0.717, 1.165) is 18.6 Å². The quantitative estimate of drug-likeness (QED) is 0.456. The van der Waals surface area contributed by atoms with Gasteiger partial charge in [-0.05, 0) is 12.5 Å². The van der Waals surface area contributed by atoms with Crippen molar-refractivity contribution in [2.75, 3.05) is 19.4 Å². The largest absolute Gasteiger partial charge is 0.496 e. The fourth-order valence-electron chi connectivity index (χ4n) is 2.54. The number of anilines is 1. The second kappa shape index (κ2) is 8.39. The molecule has 0 aliphatic rings.